The lowest BCUT2D eigenvalue weighted by Crippen LogP contribution is -2.30. The van der Waals surface area contributed by atoms with Gasteiger partial charge in [-0.05, 0) is 24.3 Å². The Balaban J connectivity index is 1.86. The molecule has 0 spiro atoms. The number of carbonyl (C=O) groups is 2. The second kappa shape index (κ2) is 6.17. The number of halogens is 1. The molecule has 6 heteroatoms. The Bertz CT molecular complexity index is 989. The summed E-state index contributed by atoms with van der Waals surface area (Å²) in [5.41, 5.74) is 2.10. The molecule has 112 valence electrons. The number of fused-ring (bicyclic) bond motifs is 1. The van der Waals surface area contributed by atoms with Gasteiger partial charge in [0.05, 0.1) is 10.9 Å². The fourth-order valence-corrected chi connectivity index (χ4v) is 2.02. The minimum atomic E-state index is -0.725. The van der Waals surface area contributed by atoms with Gasteiger partial charge in [0, 0.05) is 11.1 Å². The lowest BCUT2D eigenvalue weighted by molar-refractivity contribution is -0.114. The molecule has 2 amide bonds. The van der Waals surface area contributed by atoms with Crippen molar-refractivity contribution in [2.45, 2.75) is 0 Å². The summed E-state index contributed by atoms with van der Waals surface area (Å²) in [6, 6.07) is 12.6. The molecule has 0 fully saturated rings. The van der Waals surface area contributed by atoms with Crippen molar-refractivity contribution in [2.24, 2.45) is 10.1 Å². The van der Waals surface area contributed by atoms with Crippen LogP contribution in [0.5, 0.6) is 0 Å². The van der Waals surface area contributed by atoms with E-state index in [0.717, 1.165) is 5.22 Å². The topological polar surface area (TPSA) is 70.9 Å². The molecule has 23 heavy (non-hydrogen) atoms. The number of rotatable bonds is 2. The molecule has 0 bridgehead atoms. The number of hydrogen-bond acceptors (Lipinski definition) is 3. The summed E-state index contributed by atoms with van der Waals surface area (Å²) >= 11 is 0. The fourth-order valence-electron chi connectivity index (χ4n) is 2.02. The lowest BCUT2D eigenvalue weighted by atomic mass is 10.1. The Hall–Kier alpha value is -3.37. The molecule has 0 unspecified atom stereocenters. The van der Waals surface area contributed by atoms with Crippen LogP contribution < -0.4 is 16.0 Å². The molecule has 2 aromatic rings. The zero-order valence-corrected chi connectivity index (χ0v) is 11.8. The minimum Gasteiger partial charge on any atom is -0.267 e. The molecule has 3 rings (SSSR count). The second-order valence-electron chi connectivity index (χ2n) is 4.68. The highest BCUT2D eigenvalue weighted by Crippen LogP contribution is 2.05. The van der Waals surface area contributed by atoms with E-state index in [1.54, 1.807) is 24.3 Å². The summed E-state index contributed by atoms with van der Waals surface area (Å²) < 4.78 is 13.4. The van der Waals surface area contributed by atoms with Gasteiger partial charge in [-0.25, -0.2) is 14.8 Å². The van der Waals surface area contributed by atoms with Gasteiger partial charge in [0.15, 0.2) is 0 Å². The van der Waals surface area contributed by atoms with Crippen molar-refractivity contribution in [1.29, 1.82) is 0 Å². The first-order valence-electron chi connectivity index (χ1n) is 6.72. The maximum absolute atomic E-state index is 13.4. The van der Waals surface area contributed by atoms with Crippen LogP contribution in [0.25, 0.3) is 6.08 Å². The molecular formula is C17H10FN3O2. The molecule has 5 nitrogen and oxygen atoms in total. The van der Waals surface area contributed by atoms with Crippen molar-refractivity contribution in [2.75, 3.05) is 0 Å². The van der Waals surface area contributed by atoms with E-state index in [9.17, 15) is 14.0 Å². The lowest BCUT2D eigenvalue weighted by Gasteiger charge is -2.00. The van der Waals surface area contributed by atoms with Gasteiger partial charge < -0.3 is 0 Å². The number of benzene rings is 2. The second-order valence-corrected chi connectivity index (χ2v) is 4.68. The quantitative estimate of drug-likeness (QED) is 0.504. The van der Waals surface area contributed by atoms with Crippen LogP contribution in [0.4, 0.5) is 4.39 Å². The normalized spacial score (nSPS) is 12.4. The van der Waals surface area contributed by atoms with E-state index >= 15 is 0 Å². The van der Waals surface area contributed by atoms with Crippen LogP contribution >= 0.6 is 0 Å². The standard InChI is InChI=1S/C17H10FN3O2/c18-14-7-3-2-6-13(14)17(23)21-19-10-12-9-11-5-1-4-8-15(11)20-16(12)22/h1-9H,(H,21,23). The van der Waals surface area contributed by atoms with E-state index in [0.29, 0.717) is 5.36 Å². The molecule has 1 aliphatic heterocycles. The van der Waals surface area contributed by atoms with Crippen molar-refractivity contribution in [3.63, 3.8) is 0 Å². The predicted octanol–water partition coefficient (Wildman–Crippen LogP) is 0.707. The molecule has 0 radical (unpaired) electrons. The first-order valence-corrected chi connectivity index (χ1v) is 6.72. The average molecular weight is 307 g/mol. The number of nitrogens with one attached hydrogen (secondary N) is 1. The van der Waals surface area contributed by atoms with Crippen molar-refractivity contribution in [1.82, 2.24) is 5.43 Å². The van der Waals surface area contributed by atoms with Crippen LogP contribution in [0.2, 0.25) is 0 Å². The molecule has 0 saturated carbocycles. The Labute approximate surface area is 130 Å². The highest BCUT2D eigenvalue weighted by atomic mass is 19.1. The molecule has 1 heterocycles. The van der Waals surface area contributed by atoms with Crippen molar-refractivity contribution in [3.8, 4) is 0 Å². The third kappa shape index (κ3) is 3.12. The van der Waals surface area contributed by atoms with Gasteiger partial charge >= 0.3 is 0 Å². The molecule has 0 aromatic heterocycles. The van der Waals surface area contributed by atoms with Crippen molar-refractivity contribution in [3.05, 3.63) is 76.1 Å². The summed E-state index contributed by atoms with van der Waals surface area (Å²) in [7, 11) is 0. The van der Waals surface area contributed by atoms with Crippen LogP contribution in [-0.2, 0) is 4.79 Å². The number of hydrogen-bond donors (Lipinski definition) is 1. The van der Waals surface area contributed by atoms with Gasteiger partial charge in [-0.3, -0.25) is 9.59 Å². The van der Waals surface area contributed by atoms with E-state index in [1.807, 2.05) is 6.07 Å². The van der Waals surface area contributed by atoms with Gasteiger partial charge in [0.25, 0.3) is 11.8 Å². The van der Waals surface area contributed by atoms with Gasteiger partial charge in [0.2, 0.25) is 0 Å². The molecule has 0 aliphatic carbocycles. The molecule has 1 aliphatic rings. The van der Waals surface area contributed by atoms with Gasteiger partial charge in [-0.15, -0.1) is 5.10 Å². The molecule has 1 N–H and O–H groups in total. The Morgan fingerprint density at radius 1 is 1.13 bits per heavy atom. The number of para-hydroxylation sites is 1. The fraction of sp³-hybridized carbons (Fsp3) is 0. The van der Waals surface area contributed by atoms with E-state index in [1.165, 1.54) is 24.3 Å². The maximum atomic E-state index is 13.4. The number of nitrogens with zero attached hydrogens (tertiary/aromatic N) is 2. The van der Waals surface area contributed by atoms with E-state index in [4.69, 9.17) is 0 Å². The predicted molar refractivity (Wildman–Crippen MR) is 81.5 cm³/mol. The zero-order valence-electron chi connectivity index (χ0n) is 11.8. The van der Waals surface area contributed by atoms with Crippen LogP contribution in [0.1, 0.15) is 10.4 Å². The maximum Gasteiger partial charge on any atom is 0.287 e. The van der Waals surface area contributed by atoms with Crippen LogP contribution in [0, 0.1) is 5.82 Å². The highest BCUT2D eigenvalue weighted by molar-refractivity contribution is 6.10. The van der Waals surface area contributed by atoms with Crippen LogP contribution in [-0.4, -0.2) is 17.7 Å². The van der Waals surface area contributed by atoms with Gasteiger partial charge in [-0.1, -0.05) is 30.3 Å². The van der Waals surface area contributed by atoms with Crippen molar-refractivity contribution < 1.29 is 14.0 Å². The number of hydrazone groups is 1. The summed E-state index contributed by atoms with van der Waals surface area (Å²) in [4.78, 5) is 27.5. The van der Waals surface area contributed by atoms with Crippen LogP contribution in [0.15, 0.2) is 64.2 Å². The van der Waals surface area contributed by atoms with Crippen molar-refractivity contribution >= 4 is 23.8 Å². The van der Waals surface area contributed by atoms with E-state index in [-0.39, 0.29) is 11.1 Å². The Morgan fingerprint density at radius 3 is 2.70 bits per heavy atom. The third-order valence-electron chi connectivity index (χ3n) is 3.14. The zero-order chi connectivity index (χ0) is 16.2. The average Bonchev–Trinajstić information content (AvgIpc) is 2.55. The van der Waals surface area contributed by atoms with Gasteiger partial charge in [0.1, 0.15) is 11.4 Å². The van der Waals surface area contributed by atoms with Gasteiger partial charge in [-0.2, -0.15) is 0 Å². The Morgan fingerprint density at radius 2 is 1.87 bits per heavy atom. The highest BCUT2D eigenvalue weighted by Gasteiger charge is 2.11. The minimum absolute atomic E-state index is 0.109. The summed E-state index contributed by atoms with van der Waals surface area (Å²) in [6.45, 7) is 0. The summed E-state index contributed by atoms with van der Waals surface area (Å²) in [6.07, 6.45) is 1.57. The molecule has 0 atom stereocenters. The summed E-state index contributed by atoms with van der Waals surface area (Å²) in [5.74, 6) is 0.533. The first-order chi connectivity index (χ1) is 11.1. The van der Waals surface area contributed by atoms with E-state index < -0.39 is 17.6 Å². The molecule has 2 aromatic carbocycles. The monoisotopic (exact) mass is 307 g/mol. The number of amides is 2. The summed E-state index contributed by atoms with van der Waals surface area (Å²) in [5, 5.41) is 4.89. The SMILES string of the molecule is O=C1N=c2ccccc2=CC1=C=NNC(=O)c1ccccc1F. The first kappa shape index (κ1) is 14.6. The molecule has 0 saturated heterocycles. The van der Waals surface area contributed by atoms with Crippen LogP contribution in [0.3, 0.4) is 0 Å². The third-order valence-corrected chi connectivity index (χ3v) is 3.14. The smallest absolute Gasteiger partial charge is 0.267 e. The number of carbonyl (C=O) groups excluding carboxylic acids is 2. The van der Waals surface area contributed by atoms with E-state index in [2.05, 4.69) is 21.4 Å². The largest absolute Gasteiger partial charge is 0.287 e. The Kier molecular flexibility index (Phi) is 3.91. The molecular weight excluding hydrogens is 297 g/mol.